The van der Waals surface area contributed by atoms with Crippen LogP contribution in [0.15, 0.2) is 11.0 Å². The van der Waals surface area contributed by atoms with E-state index in [1.807, 2.05) is 0 Å². The normalized spacial score (nSPS) is 17.5. The highest BCUT2D eigenvalue weighted by molar-refractivity contribution is 5.97. The van der Waals surface area contributed by atoms with Crippen molar-refractivity contribution in [3.63, 3.8) is 0 Å². The number of nitrogens with one attached hydrogen (secondary N) is 1. The minimum absolute atomic E-state index is 0.101. The molecule has 0 aromatic carbocycles. The standard InChI is InChI=1S/C11H8N2O5/c1-2-5-3-12-10(16)7-9(15)8(14)6(11(17)18)4-13(5)7/h1,4-5,15H,3H2,(H,12,16)(H,17,18)/t5-/m0/s1. The van der Waals surface area contributed by atoms with Crippen LogP contribution < -0.4 is 10.7 Å². The molecule has 1 aromatic rings. The van der Waals surface area contributed by atoms with E-state index in [1.165, 1.54) is 0 Å². The van der Waals surface area contributed by atoms with Crippen molar-refractivity contribution < 1.29 is 19.8 Å². The second-order valence-electron chi connectivity index (χ2n) is 3.67. The highest BCUT2D eigenvalue weighted by atomic mass is 16.4. The zero-order valence-corrected chi connectivity index (χ0v) is 9.01. The van der Waals surface area contributed by atoms with Crippen molar-refractivity contribution >= 4 is 11.9 Å². The molecule has 7 nitrogen and oxygen atoms in total. The average molecular weight is 248 g/mol. The first-order chi connectivity index (χ1) is 8.47. The van der Waals surface area contributed by atoms with E-state index in [1.54, 1.807) is 0 Å². The van der Waals surface area contributed by atoms with Gasteiger partial charge in [-0.3, -0.25) is 9.59 Å². The summed E-state index contributed by atoms with van der Waals surface area (Å²) >= 11 is 0. The third-order valence-electron chi connectivity index (χ3n) is 2.64. The number of rotatable bonds is 1. The van der Waals surface area contributed by atoms with Crippen LogP contribution in [0.2, 0.25) is 0 Å². The van der Waals surface area contributed by atoms with Crippen LogP contribution in [-0.4, -0.2) is 33.2 Å². The lowest BCUT2D eigenvalue weighted by molar-refractivity contribution is 0.0691. The van der Waals surface area contributed by atoms with Gasteiger partial charge in [0.25, 0.3) is 5.91 Å². The van der Waals surface area contributed by atoms with Gasteiger partial charge in [-0.05, 0) is 0 Å². The maximum Gasteiger partial charge on any atom is 0.341 e. The number of fused-ring (bicyclic) bond motifs is 1. The van der Waals surface area contributed by atoms with Gasteiger partial charge in [0.1, 0.15) is 11.6 Å². The Morgan fingerprint density at radius 3 is 2.78 bits per heavy atom. The SMILES string of the molecule is C#C[C@H]1CNC(=O)c2c(O)c(=O)c(C(=O)O)cn21. The first-order valence-electron chi connectivity index (χ1n) is 4.93. The van der Waals surface area contributed by atoms with E-state index in [0.717, 1.165) is 10.8 Å². The lowest BCUT2D eigenvalue weighted by Crippen LogP contribution is -2.41. The average Bonchev–Trinajstić information content (AvgIpc) is 2.33. The molecule has 0 radical (unpaired) electrons. The fourth-order valence-corrected chi connectivity index (χ4v) is 1.75. The van der Waals surface area contributed by atoms with Gasteiger partial charge in [-0.15, -0.1) is 6.42 Å². The van der Waals surface area contributed by atoms with Gasteiger partial charge in [0.05, 0.1) is 0 Å². The van der Waals surface area contributed by atoms with E-state index in [9.17, 15) is 19.5 Å². The smallest absolute Gasteiger partial charge is 0.341 e. The molecule has 1 aliphatic rings. The van der Waals surface area contributed by atoms with Crippen molar-refractivity contribution in [3.8, 4) is 18.1 Å². The van der Waals surface area contributed by atoms with E-state index in [4.69, 9.17) is 11.5 Å². The van der Waals surface area contributed by atoms with Crippen molar-refractivity contribution in [1.82, 2.24) is 9.88 Å². The van der Waals surface area contributed by atoms with E-state index < -0.39 is 34.7 Å². The molecule has 0 aliphatic carbocycles. The summed E-state index contributed by atoms with van der Waals surface area (Å²) in [5.74, 6) is -0.741. The molecule has 0 spiro atoms. The molecule has 2 rings (SSSR count). The molecule has 2 heterocycles. The number of hydrogen-bond acceptors (Lipinski definition) is 4. The highest BCUT2D eigenvalue weighted by Crippen LogP contribution is 2.21. The van der Waals surface area contributed by atoms with Crippen LogP contribution in [0, 0.1) is 12.3 Å². The Morgan fingerprint density at radius 1 is 1.56 bits per heavy atom. The van der Waals surface area contributed by atoms with Gasteiger partial charge in [-0.1, -0.05) is 5.92 Å². The first-order valence-corrected chi connectivity index (χ1v) is 4.93. The number of carboxylic acids is 1. The van der Waals surface area contributed by atoms with Crippen molar-refractivity contribution in [1.29, 1.82) is 0 Å². The molecule has 1 atom stereocenters. The monoisotopic (exact) mass is 248 g/mol. The summed E-state index contributed by atoms with van der Waals surface area (Å²) in [6, 6.07) is -0.651. The van der Waals surface area contributed by atoms with Crippen molar-refractivity contribution in [3.05, 3.63) is 27.7 Å². The minimum Gasteiger partial charge on any atom is -0.503 e. The van der Waals surface area contributed by atoms with E-state index in [0.29, 0.717) is 0 Å². The van der Waals surface area contributed by atoms with E-state index in [2.05, 4.69) is 11.2 Å². The summed E-state index contributed by atoms with van der Waals surface area (Å²) < 4.78 is 1.12. The van der Waals surface area contributed by atoms with Crippen LogP contribution in [-0.2, 0) is 0 Å². The number of aromatic hydroxyl groups is 1. The number of carbonyl (C=O) groups is 2. The molecule has 18 heavy (non-hydrogen) atoms. The van der Waals surface area contributed by atoms with Gasteiger partial charge in [0, 0.05) is 12.7 Å². The lowest BCUT2D eigenvalue weighted by Gasteiger charge is -2.25. The fraction of sp³-hybridized carbons (Fsp3) is 0.182. The summed E-state index contributed by atoms with van der Waals surface area (Å²) in [6.45, 7) is 0.101. The number of carboxylic acid groups (broad SMARTS) is 1. The van der Waals surface area contributed by atoms with Crippen LogP contribution in [0.3, 0.4) is 0 Å². The molecule has 1 aliphatic heterocycles. The molecule has 0 saturated carbocycles. The van der Waals surface area contributed by atoms with Gasteiger partial charge in [-0.25, -0.2) is 4.79 Å². The van der Waals surface area contributed by atoms with Crippen LogP contribution in [0.4, 0.5) is 0 Å². The summed E-state index contributed by atoms with van der Waals surface area (Å²) in [4.78, 5) is 34.0. The Labute approximate surface area is 101 Å². The molecular weight excluding hydrogens is 240 g/mol. The van der Waals surface area contributed by atoms with Crippen LogP contribution in [0.25, 0.3) is 0 Å². The number of terminal acetylenes is 1. The lowest BCUT2D eigenvalue weighted by atomic mass is 10.1. The Bertz CT molecular complexity index is 653. The zero-order chi connectivity index (χ0) is 13.4. The minimum atomic E-state index is -1.49. The summed E-state index contributed by atoms with van der Waals surface area (Å²) in [5, 5.41) is 20.9. The van der Waals surface area contributed by atoms with Crippen molar-refractivity contribution in [2.45, 2.75) is 6.04 Å². The maximum absolute atomic E-state index is 11.6. The third kappa shape index (κ3) is 1.51. The van der Waals surface area contributed by atoms with Gasteiger partial charge in [-0.2, -0.15) is 0 Å². The summed E-state index contributed by atoms with van der Waals surface area (Å²) in [7, 11) is 0. The molecular formula is C11H8N2O5. The largest absolute Gasteiger partial charge is 0.503 e. The highest BCUT2D eigenvalue weighted by Gasteiger charge is 2.29. The number of hydrogen-bond donors (Lipinski definition) is 3. The Morgan fingerprint density at radius 2 is 2.22 bits per heavy atom. The number of aromatic carboxylic acids is 1. The predicted molar refractivity (Wildman–Crippen MR) is 59.5 cm³/mol. The van der Waals surface area contributed by atoms with Crippen LogP contribution in [0.5, 0.6) is 5.75 Å². The molecule has 0 unspecified atom stereocenters. The second-order valence-corrected chi connectivity index (χ2v) is 3.67. The topological polar surface area (TPSA) is 109 Å². The Kier molecular flexibility index (Phi) is 2.56. The quantitative estimate of drug-likeness (QED) is 0.562. The molecule has 0 bridgehead atoms. The predicted octanol–water partition coefficient (Wildman–Crippen LogP) is -0.830. The van der Waals surface area contributed by atoms with E-state index in [-0.39, 0.29) is 12.2 Å². The Hall–Kier alpha value is -2.75. The van der Waals surface area contributed by atoms with Gasteiger partial charge >= 0.3 is 5.97 Å². The fourth-order valence-electron chi connectivity index (χ4n) is 1.75. The molecule has 1 aromatic heterocycles. The van der Waals surface area contributed by atoms with Crippen molar-refractivity contribution in [2.24, 2.45) is 0 Å². The molecule has 1 amide bonds. The number of carbonyl (C=O) groups excluding carboxylic acids is 1. The van der Waals surface area contributed by atoms with Gasteiger partial charge < -0.3 is 20.1 Å². The van der Waals surface area contributed by atoms with Crippen LogP contribution in [0.1, 0.15) is 26.9 Å². The number of amides is 1. The number of aromatic nitrogens is 1. The number of pyridine rings is 1. The van der Waals surface area contributed by atoms with E-state index >= 15 is 0 Å². The van der Waals surface area contributed by atoms with Gasteiger partial charge in [0.2, 0.25) is 5.43 Å². The Balaban J connectivity index is 2.83. The second kappa shape index (κ2) is 3.92. The first kappa shape index (κ1) is 11.7. The number of nitrogens with zero attached hydrogens (tertiary/aromatic N) is 1. The molecule has 3 N–H and O–H groups in total. The zero-order valence-electron chi connectivity index (χ0n) is 9.01. The third-order valence-corrected chi connectivity index (χ3v) is 2.64. The van der Waals surface area contributed by atoms with Gasteiger partial charge in [0.15, 0.2) is 11.4 Å². The maximum atomic E-state index is 11.6. The van der Waals surface area contributed by atoms with Crippen molar-refractivity contribution in [2.75, 3.05) is 6.54 Å². The summed E-state index contributed by atoms with van der Waals surface area (Å²) in [6.07, 6.45) is 6.22. The van der Waals surface area contributed by atoms with Crippen LogP contribution >= 0.6 is 0 Å². The molecule has 7 heteroatoms. The molecule has 92 valence electrons. The molecule has 0 fully saturated rings. The molecule has 0 saturated heterocycles. The summed E-state index contributed by atoms with van der Waals surface area (Å²) in [5.41, 5.74) is -2.06.